The van der Waals surface area contributed by atoms with Crippen LogP contribution in [0, 0.1) is 6.92 Å². The number of methoxy groups -OCH3 is 1. The van der Waals surface area contributed by atoms with E-state index in [0.717, 1.165) is 34.0 Å². The highest BCUT2D eigenvalue weighted by Crippen LogP contribution is 2.30. The van der Waals surface area contributed by atoms with Gasteiger partial charge in [0.05, 0.1) is 44.4 Å². The van der Waals surface area contributed by atoms with Gasteiger partial charge in [-0.3, -0.25) is 9.98 Å². The van der Waals surface area contributed by atoms with Gasteiger partial charge in [0.25, 0.3) is 0 Å². The zero-order valence-electron chi connectivity index (χ0n) is 15.2. The molecule has 0 saturated carbocycles. The van der Waals surface area contributed by atoms with Gasteiger partial charge in [-0.15, -0.1) is 0 Å². The highest BCUT2D eigenvalue weighted by molar-refractivity contribution is 6.17. The number of rotatable bonds is 10. The van der Waals surface area contributed by atoms with Crippen LogP contribution >= 0.6 is 0 Å². The SMILES string of the molecule is C=C1C=Cc2c(OCCOCCOCCOC)cc(C)nc2/C1=N/C. The Morgan fingerprint density at radius 3 is 2.40 bits per heavy atom. The van der Waals surface area contributed by atoms with Gasteiger partial charge < -0.3 is 18.9 Å². The first-order chi connectivity index (χ1) is 12.2. The molecule has 0 unspecified atom stereocenters. The Morgan fingerprint density at radius 1 is 1.04 bits per heavy atom. The maximum absolute atomic E-state index is 5.90. The smallest absolute Gasteiger partial charge is 0.130 e. The van der Waals surface area contributed by atoms with E-state index in [1.165, 1.54) is 0 Å². The van der Waals surface area contributed by atoms with E-state index in [-0.39, 0.29) is 0 Å². The first kappa shape index (κ1) is 19.3. The minimum atomic E-state index is 0.460. The molecule has 25 heavy (non-hydrogen) atoms. The van der Waals surface area contributed by atoms with Crippen LogP contribution in [0.3, 0.4) is 0 Å². The minimum Gasteiger partial charge on any atom is -0.490 e. The van der Waals surface area contributed by atoms with Crippen LogP contribution in [0.4, 0.5) is 0 Å². The fraction of sp³-hybridized carbons (Fsp3) is 0.474. The van der Waals surface area contributed by atoms with Gasteiger partial charge in [0.1, 0.15) is 12.4 Å². The molecule has 0 saturated heterocycles. The predicted molar refractivity (Wildman–Crippen MR) is 98.6 cm³/mol. The highest BCUT2D eigenvalue weighted by Gasteiger charge is 2.20. The number of aliphatic imine (C=N–C) groups is 1. The van der Waals surface area contributed by atoms with Crippen LogP contribution in [0.5, 0.6) is 5.75 Å². The lowest BCUT2D eigenvalue weighted by molar-refractivity contribution is 0.0179. The van der Waals surface area contributed by atoms with Gasteiger partial charge in [-0.2, -0.15) is 0 Å². The third-order valence-corrected chi connectivity index (χ3v) is 3.64. The zero-order valence-corrected chi connectivity index (χ0v) is 15.2. The van der Waals surface area contributed by atoms with Gasteiger partial charge >= 0.3 is 0 Å². The molecule has 1 aromatic rings. The van der Waals surface area contributed by atoms with E-state index < -0.39 is 0 Å². The molecular formula is C19H26N2O4. The second kappa shape index (κ2) is 10.1. The Kier molecular flexibility index (Phi) is 7.78. The molecule has 0 bridgehead atoms. The Morgan fingerprint density at radius 2 is 1.72 bits per heavy atom. The van der Waals surface area contributed by atoms with Crippen molar-refractivity contribution in [2.45, 2.75) is 6.92 Å². The normalized spacial score (nSPS) is 14.8. The molecule has 0 spiro atoms. The van der Waals surface area contributed by atoms with Crippen molar-refractivity contribution in [3.8, 4) is 5.75 Å². The van der Waals surface area contributed by atoms with Crippen LogP contribution in [0.2, 0.25) is 0 Å². The van der Waals surface area contributed by atoms with Gasteiger partial charge in [0, 0.05) is 31.5 Å². The van der Waals surface area contributed by atoms with Crippen molar-refractivity contribution in [3.63, 3.8) is 0 Å². The summed E-state index contributed by atoms with van der Waals surface area (Å²) in [6.45, 7) is 9.17. The monoisotopic (exact) mass is 346 g/mol. The van der Waals surface area contributed by atoms with Gasteiger partial charge in [0.2, 0.25) is 0 Å². The lowest BCUT2D eigenvalue weighted by Gasteiger charge is -2.18. The van der Waals surface area contributed by atoms with Crippen molar-refractivity contribution in [3.05, 3.63) is 41.2 Å². The van der Waals surface area contributed by atoms with E-state index in [4.69, 9.17) is 18.9 Å². The van der Waals surface area contributed by atoms with Gasteiger partial charge in [-0.1, -0.05) is 12.7 Å². The zero-order chi connectivity index (χ0) is 18.1. The largest absolute Gasteiger partial charge is 0.490 e. The van der Waals surface area contributed by atoms with E-state index >= 15 is 0 Å². The third kappa shape index (κ3) is 5.49. The number of hydrogen-bond acceptors (Lipinski definition) is 6. The predicted octanol–water partition coefficient (Wildman–Crippen LogP) is 2.45. The van der Waals surface area contributed by atoms with E-state index in [0.29, 0.717) is 39.6 Å². The molecule has 6 heteroatoms. The van der Waals surface area contributed by atoms with Crippen molar-refractivity contribution in [1.29, 1.82) is 0 Å². The number of fused-ring (bicyclic) bond motifs is 1. The summed E-state index contributed by atoms with van der Waals surface area (Å²) in [7, 11) is 3.40. The standard InChI is InChI=1S/C19H26N2O4/c1-14-5-6-16-17(13-15(2)21-19(16)18(14)20-3)25-12-11-24-10-9-23-8-7-22-4/h5-6,13H,1,7-12H2,2-4H3/b20-18+. The molecule has 136 valence electrons. The summed E-state index contributed by atoms with van der Waals surface area (Å²) in [5.41, 5.74) is 4.29. The summed E-state index contributed by atoms with van der Waals surface area (Å²) >= 11 is 0. The fourth-order valence-corrected chi connectivity index (χ4v) is 2.45. The lowest BCUT2D eigenvalue weighted by atomic mass is 9.96. The molecule has 1 aromatic heterocycles. The first-order valence-corrected chi connectivity index (χ1v) is 8.30. The van der Waals surface area contributed by atoms with Crippen molar-refractivity contribution in [2.24, 2.45) is 4.99 Å². The van der Waals surface area contributed by atoms with Crippen LogP contribution < -0.4 is 4.74 Å². The maximum atomic E-state index is 5.90. The van der Waals surface area contributed by atoms with Crippen LogP contribution in [-0.4, -0.2) is 64.5 Å². The Labute approximate surface area is 149 Å². The van der Waals surface area contributed by atoms with Gasteiger partial charge in [0.15, 0.2) is 0 Å². The molecule has 0 aromatic carbocycles. The molecular weight excluding hydrogens is 320 g/mol. The van der Waals surface area contributed by atoms with Crippen LogP contribution in [0.1, 0.15) is 17.0 Å². The molecule has 0 N–H and O–H groups in total. The molecule has 1 heterocycles. The summed E-state index contributed by atoms with van der Waals surface area (Å²) in [5.74, 6) is 0.785. The number of allylic oxidation sites excluding steroid dienone is 2. The Balaban J connectivity index is 1.86. The number of ether oxygens (including phenoxy) is 4. The maximum Gasteiger partial charge on any atom is 0.130 e. The van der Waals surface area contributed by atoms with Crippen LogP contribution in [-0.2, 0) is 14.2 Å². The molecule has 0 radical (unpaired) electrons. The van der Waals surface area contributed by atoms with Crippen molar-refractivity contribution in [2.75, 3.05) is 53.8 Å². The second-order valence-corrected chi connectivity index (χ2v) is 5.52. The summed E-state index contributed by atoms with van der Waals surface area (Å²) < 4.78 is 21.6. The van der Waals surface area contributed by atoms with E-state index in [1.807, 2.05) is 25.1 Å². The molecule has 1 aliphatic carbocycles. The summed E-state index contributed by atoms with van der Waals surface area (Å²) in [6.07, 6.45) is 3.90. The fourth-order valence-electron chi connectivity index (χ4n) is 2.45. The lowest BCUT2D eigenvalue weighted by Crippen LogP contribution is -2.15. The molecule has 0 aliphatic heterocycles. The molecule has 0 fully saturated rings. The minimum absolute atomic E-state index is 0.460. The van der Waals surface area contributed by atoms with Gasteiger partial charge in [-0.25, -0.2) is 0 Å². The van der Waals surface area contributed by atoms with Gasteiger partial charge in [-0.05, 0) is 18.6 Å². The van der Waals surface area contributed by atoms with Crippen molar-refractivity contribution < 1.29 is 18.9 Å². The topological polar surface area (TPSA) is 62.2 Å². The van der Waals surface area contributed by atoms with Crippen LogP contribution in [0.15, 0.2) is 29.3 Å². The summed E-state index contributed by atoms with van der Waals surface area (Å²) in [6, 6.07) is 1.93. The number of pyridine rings is 1. The summed E-state index contributed by atoms with van der Waals surface area (Å²) in [5, 5.41) is 0. The molecule has 0 amide bonds. The highest BCUT2D eigenvalue weighted by atomic mass is 16.6. The average Bonchev–Trinajstić information content (AvgIpc) is 2.60. The number of aromatic nitrogens is 1. The molecule has 0 atom stereocenters. The molecule has 1 aliphatic rings. The quantitative estimate of drug-likeness (QED) is 0.609. The first-order valence-electron chi connectivity index (χ1n) is 8.30. The molecule has 6 nitrogen and oxygen atoms in total. The van der Waals surface area contributed by atoms with Crippen molar-refractivity contribution >= 4 is 11.8 Å². The third-order valence-electron chi connectivity index (χ3n) is 3.64. The number of aryl methyl sites for hydroxylation is 1. The Hall–Kier alpha value is -2.02. The van der Waals surface area contributed by atoms with E-state index in [2.05, 4.69) is 16.6 Å². The molecule has 2 rings (SSSR count). The van der Waals surface area contributed by atoms with E-state index in [9.17, 15) is 0 Å². The van der Waals surface area contributed by atoms with Crippen LogP contribution in [0.25, 0.3) is 6.08 Å². The average molecular weight is 346 g/mol. The van der Waals surface area contributed by atoms with Crippen molar-refractivity contribution in [1.82, 2.24) is 4.98 Å². The second-order valence-electron chi connectivity index (χ2n) is 5.52. The summed E-state index contributed by atoms with van der Waals surface area (Å²) in [4.78, 5) is 8.89. The Bertz CT molecular complexity index is 653. The van der Waals surface area contributed by atoms with E-state index in [1.54, 1.807) is 14.2 Å². The number of hydrogen-bond donors (Lipinski definition) is 0. The number of nitrogens with zero attached hydrogens (tertiary/aromatic N) is 2.